The van der Waals surface area contributed by atoms with Crippen molar-refractivity contribution in [1.82, 2.24) is 14.8 Å². The first-order chi connectivity index (χ1) is 17.0. The number of aromatic nitrogens is 1. The van der Waals surface area contributed by atoms with E-state index in [-0.39, 0.29) is 17.9 Å². The average molecular weight is 475 g/mol. The molecule has 0 radical (unpaired) electrons. The maximum absolute atomic E-state index is 13.5. The lowest BCUT2D eigenvalue weighted by Gasteiger charge is -2.41. The van der Waals surface area contributed by atoms with Gasteiger partial charge in [0.25, 0.3) is 5.91 Å². The summed E-state index contributed by atoms with van der Waals surface area (Å²) >= 11 is 0. The van der Waals surface area contributed by atoms with Crippen molar-refractivity contribution in [2.24, 2.45) is 0 Å². The van der Waals surface area contributed by atoms with Gasteiger partial charge in [0.05, 0.1) is 25.9 Å². The Morgan fingerprint density at radius 1 is 1.03 bits per heavy atom. The second-order valence-corrected chi connectivity index (χ2v) is 8.35. The summed E-state index contributed by atoms with van der Waals surface area (Å²) in [6.45, 7) is 3.39. The van der Waals surface area contributed by atoms with Gasteiger partial charge in [0, 0.05) is 56.6 Å². The quantitative estimate of drug-likeness (QED) is 0.562. The second-order valence-electron chi connectivity index (χ2n) is 8.35. The summed E-state index contributed by atoms with van der Waals surface area (Å²) < 4.78 is 11.0. The van der Waals surface area contributed by atoms with Gasteiger partial charge in [0.1, 0.15) is 11.5 Å². The number of methoxy groups -OCH3 is 2. The van der Waals surface area contributed by atoms with Gasteiger partial charge in [-0.05, 0) is 35.9 Å². The van der Waals surface area contributed by atoms with E-state index in [1.165, 1.54) is 0 Å². The molecule has 182 valence electrons. The molecular weight excluding hydrogens is 444 g/mol. The van der Waals surface area contributed by atoms with Crippen molar-refractivity contribution in [3.05, 3.63) is 83.7 Å². The third kappa shape index (κ3) is 5.37. The Labute approximate surface area is 205 Å². The van der Waals surface area contributed by atoms with Gasteiger partial charge in [-0.3, -0.25) is 14.6 Å². The van der Waals surface area contributed by atoms with Crippen molar-refractivity contribution in [1.29, 1.82) is 0 Å². The maximum Gasteiger partial charge on any atom is 0.254 e. The van der Waals surface area contributed by atoms with Gasteiger partial charge in [-0.2, -0.15) is 0 Å². The molecule has 0 aliphatic carbocycles. The number of amides is 2. The van der Waals surface area contributed by atoms with Gasteiger partial charge in [-0.25, -0.2) is 0 Å². The van der Waals surface area contributed by atoms with Gasteiger partial charge in [0.2, 0.25) is 5.91 Å². The molecule has 0 saturated carbocycles. The number of pyridine rings is 1. The number of nitrogens with zero attached hydrogens (tertiary/aromatic N) is 3. The van der Waals surface area contributed by atoms with Crippen LogP contribution in [-0.4, -0.2) is 60.5 Å². The smallest absolute Gasteiger partial charge is 0.254 e. The fourth-order valence-corrected chi connectivity index (χ4v) is 4.41. The van der Waals surface area contributed by atoms with E-state index in [0.717, 1.165) is 16.8 Å². The highest BCUT2D eigenvalue weighted by atomic mass is 16.5. The monoisotopic (exact) mass is 474 g/mol. The number of benzene rings is 2. The summed E-state index contributed by atoms with van der Waals surface area (Å²) in [5, 5.41) is 3.35. The van der Waals surface area contributed by atoms with Crippen LogP contribution >= 0.6 is 0 Å². The van der Waals surface area contributed by atoms with Crippen molar-refractivity contribution in [3.8, 4) is 11.5 Å². The van der Waals surface area contributed by atoms with E-state index in [1.807, 2.05) is 42.5 Å². The summed E-state index contributed by atoms with van der Waals surface area (Å²) in [4.78, 5) is 33.7. The zero-order chi connectivity index (χ0) is 24.8. The number of nitrogens with one attached hydrogen (secondary N) is 1. The van der Waals surface area contributed by atoms with Gasteiger partial charge in [-0.15, -0.1) is 0 Å². The molecule has 0 bridgehead atoms. The van der Waals surface area contributed by atoms with Crippen molar-refractivity contribution < 1.29 is 19.1 Å². The molecule has 1 aromatic heterocycles. The largest absolute Gasteiger partial charge is 0.496 e. The van der Waals surface area contributed by atoms with Crippen LogP contribution in [-0.2, 0) is 11.3 Å². The molecule has 1 saturated heterocycles. The Morgan fingerprint density at radius 3 is 2.54 bits per heavy atom. The van der Waals surface area contributed by atoms with Crippen LogP contribution in [0.2, 0.25) is 0 Å². The topological polar surface area (TPSA) is 84.0 Å². The van der Waals surface area contributed by atoms with Crippen LogP contribution in [0, 0.1) is 0 Å². The highest BCUT2D eigenvalue weighted by Gasteiger charge is 2.34. The molecule has 35 heavy (non-hydrogen) atoms. The standard InChI is InChI=1S/C27H30N4O4/c1-19(32)31-14-13-30(18-24(31)22-8-4-5-9-25(22)34-2)27(33)21-10-11-26(35-3)23(15-21)29-17-20-7-6-12-28-16-20/h4-12,15-16,24,29H,13-14,17-18H2,1-3H3/t24-/m1/s1. The molecule has 1 aliphatic heterocycles. The maximum atomic E-state index is 13.5. The minimum absolute atomic E-state index is 0.0284. The van der Waals surface area contributed by atoms with E-state index in [2.05, 4.69) is 10.3 Å². The number of para-hydroxylation sites is 1. The number of hydrogen-bond acceptors (Lipinski definition) is 6. The van der Waals surface area contributed by atoms with Crippen LogP contribution in [0.3, 0.4) is 0 Å². The number of piperazine rings is 1. The first-order valence-electron chi connectivity index (χ1n) is 11.5. The lowest BCUT2D eigenvalue weighted by atomic mass is 10.00. The van der Waals surface area contributed by atoms with E-state index in [9.17, 15) is 9.59 Å². The highest BCUT2D eigenvalue weighted by molar-refractivity contribution is 5.96. The average Bonchev–Trinajstić information content (AvgIpc) is 2.91. The van der Waals surface area contributed by atoms with Crippen LogP contribution in [0.15, 0.2) is 67.0 Å². The lowest BCUT2D eigenvalue weighted by molar-refractivity contribution is -0.133. The van der Waals surface area contributed by atoms with Crippen molar-refractivity contribution in [2.45, 2.75) is 19.5 Å². The third-order valence-corrected chi connectivity index (χ3v) is 6.22. The SMILES string of the molecule is COc1ccc(C(=O)N2CCN(C(C)=O)[C@@H](c3ccccc3OC)C2)cc1NCc1cccnc1. The summed E-state index contributed by atoms with van der Waals surface area (Å²) in [7, 11) is 3.21. The van der Waals surface area contributed by atoms with Crippen LogP contribution in [0.25, 0.3) is 0 Å². The highest BCUT2D eigenvalue weighted by Crippen LogP contribution is 2.33. The molecule has 1 atom stereocenters. The van der Waals surface area contributed by atoms with Crippen LogP contribution < -0.4 is 14.8 Å². The van der Waals surface area contributed by atoms with E-state index < -0.39 is 0 Å². The Kier molecular flexibility index (Phi) is 7.50. The Hall–Kier alpha value is -4.07. The first-order valence-corrected chi connectivity index (χ1v) is 11.5. The molecule has 1 N–H and O–H groups in total. The van der Waals surface area contributed by atoms with E-state index in [1.54, 1.807) is 55.5 Å². The predicted octanol–water partition coefficient (Wildman–Crippen LogP) is 3.76. The predicted molar refractivity (Wildman–Crippen MR) is 134 cm³/mol. The van der Waals surface area contributed by atoms with Crippen LogP contribution in [0.4, 0.5) is 5.69 Å². The molecule has 1 fully saturated rings. The molecule has 3 aromatic rings. The number of hydrogen-bond donors (Lipinski definition) is 1. The fourth-order valence-electron chi connectivity index (χ4n) is 4.41. The normalized spacial score (nSPS) is 15.5. The number of carbonyl (C=O) groups excluding carboxylic acids is 2. The molecular formula is C27H30N4O4. The molecule has 8 heteroatoms. The summed E-state index contributed by atoms with van der Waals surface area (Å²) in [6, 6.07) is 16.6. The summed E-state index contributed by atoms with van der Waals surface area (Å²) in [5.41, 5.74) is 3.18. The summed E-state index contributed by atoms with van der Waals surface area (Å²) in [5.74, 6) is 1.22. The number of ether oxygens (including phenoxy) is 2. The number of carbonyl (C=O) groups is 2. The molecule has 1 aliphatic rings. The minimum atomic E-state index is -0.289. The van der Waals surface area contributed by atoms with E-state index >= 15 is 0 Å². The Bertz CT molecular complexity index is 1180. The van der Waals surface area contributed by atoms with Gasteiger partial charge < -0.3 is 24.6 Å². The molecule has 2 heterocycles. The van der Waals surface area contributed by atoms with Crippen LogP contribution in [0.1, 0.15) is 34.5 Å². The Morgan fingerprint density at radius 2 is 1.83 bits per heavy atom. The molecule has 4 rings (SSSR count). The van der Waals surface area contributed by atoms with Crippen molar-refractivity contribution in [2.75, 3.05) is 39.2 Å². The molecule has 2 amide bonds. The van der Waals surface area contributed by atoms with Gasteiger partial charge in [0.15, 0.2) is 0 Å². The van der Waals surface area contributed by atoms with Gasteiger partial charge in [-0.1, -0.05) is 24.3 Å². The molecule has 0 unspecified atom stereocenters. The molecule has 8 nitrogen and oxygen atoms in total. The van der Waals surface area contributed by atoms with Gasteiger partial charge >= 0.3 is 0 Å². The van der Waals surface area contributed by atoms with E-state index in [4.69, 9.17) is 9.47 Å². The van der Waals surface area contributed by atoms with Crippen molar-refractivity contribution >= 4 is 17.5 Å². The third-order valence-electron chi connectivity index (χ3n) is 6.22. The molecule has 2 aromatic carbocycles. The zero-order valence-corrected chi connectivity index (χ0v) is 20.2. The van der Waals surface area contributed by atoms with Crippen LogP contribution in [0.5, 0.6) is 11.5 Å². The first kappa shape index (κ1) is 24.1. The molecule has 0 spiro atoms. The fraction of sp³-hybridized carbons (Fsp3) is 0.296. The number of rotatable bonds is 7. The lowest BCUT2D eigenvalue weighted by Crippen LogP contribution is -2.51. The van der Waals surface area contributed by atoms with E-state index in [0.29, 0.717) is 43.2 Å². The zero-order valence-electron chi connectivity index (χ0n) is 20.2. The summed E-state index contributed by atoms with van der Waals surface area (Å²) in [6.07, 6.45) is 3.52. The minimum Gasteiger partial charge on any atom is -0.496 e. The number of anilines is 1. The Balaban J connectivity index is 1.57. The van der Waals surface area contributed by atoms with Crippen molar-refractivity contribution in [3.63, 3.8) is 0 Å². The second kappa shape index (κ2) is 10.9.